The molecule has 2 nitrogen and oxygen atoms in total. The third kappa shape index (κ3) is 4.22. The number of aryl methyl sites for hydroxylation is 1. The molecule has 0 aliphatic rings. The van der Waals surface area contributed by atoms with E-state index in [2.05, 4.69) is 41.7 Å². The van der Waals surface area contributed by atoms with E-state index in [0.717, 1.165) is 25.1 Å². The van der Waals surface area contributed by atoms with Crippen LogP contribution in [0.25, 0.3) is 0 Å². The molecule has 0 heterocycles. The van der Waals surface area contributed by atoms with Gasteiger partial charge in [-0.15, -0.1) is 0 Å². The Hall–Kier alpha value is -1.80. The Bertz CT molecular complexity index is 396. The Balaban J connectivity index is 1.71. The molecule has 0 saturated heterocycles. The van der Waals surface area contributed by atoms with Gasteiger partial charge in [0, 0.05) is 18.3 Å². The lowest BCUT2D eigenvalue weighted by Crippen LogP contribution is -2.29. The number of hydrogen-bond donors (Lipinski definition) is 2. The molecule has 3 N–H and O–H groups in total. The largest absolute Gasteiger partial charge is 0.383 e. The van der Waals surface area contributed by atoms with Gasteiger partial charge >= 0.3 is 0 Å². The highest BCUT2D eigenvalue weighted by atomic mass is 14.9. The highest BCUT2D eigenvalue weighted by Crippen LogP contribution is 2.07. The van der Waals surface area contributed by atoms with Crippen molar-refractivity contribution < 1.29 is 0 Å². The normalized spacial score (nSPS) is 12.1. The lowest BCUT2D eigenvalue weighted by Gasteiger charge is -2.13. The summed E-state index contributed by atoms with van der Waals surface area (Å²) in [5.74, 6) is 0. The molecule has 0 bridgehead atoms. The van der Waals surface area contributed by atoms with E-state index in [1.165, 1.54) is 5.56 Å². The SMILES string of the molecule is NC(CCc1ccccc1)CNc1ccccc1. The molecule has 0 aliphatic heterocycles. The molecule has 0 spiro atoms. The predicted octanol–water partition coefficient (Wildman–Crippen LogP) is 3.06. The summed E-state index contributed by atoms with van der Waals surface area (Å²) in [4.78, 5) is 0. The summed E-state index contributed by atoms with van der Waals surface area (Å²) >= 11 is 0. The van der Waals surface area contributed by atoms with Gasteiger partial charge in [0.25, 0.3) is 0 Å². The fourth-order valence-electron chi connectivity index (χ4n) is 1.90. The van der Waals surface area contributed by atoms with E-state index in [9.17, 15) is 0 Å². The second kappa shape index (κ2) is 6.82. The van der Waals surface area contributed by atoms with Gasteiger partial charge in [-0.25, -0.2) is 0 Å². The molecule has 18 heavy (non-hydrogen) atoms. The minimum Gasteiger partial charge on any atom is -0.383 e. The van der Waals surface area contributed by atoms with Gasteiger partial charge in [0.1, 0.15) is 0 Å². The van der Waals surface area contributed by atoms with Crippen LogP contribution in [0.1, 0.15) is 12.0 Å². The minimum absolute atomic E-state index is 0.186. The second-order valence-electron chi connectivity index (χ2n) is 4.53. The average Bonchev–Trinajstić information content (AvgIpc) is 2.45. The van der Waals surface area contributed by atoms with Gasteiger partial charge in [0.05, 0.1) is 0 Å². The van der Waals surface area contributed by atoms with Crippen LogP contribution in [-0.2, 0) is 6.42 Å². The monoisotopic (exact) mass is 240 g/mol. The first kappa shape index (κ1) is 12.7. The first-order chi connectivity index (χ1) is 8.84. The number of nitrogens with one attached hydrogen (secondary N) is 1. The third-order valence-corrected chi connectivity index (χ3v) is 2.99. The summed E-state index contributed by atoms with van der Waals surface area (Å²) in [6, 6.07) is 20.9. The maximum atomic E-state index is 6.11. The number of anilines is 1. The Labute approximate surface area is 109 Å². The second-order valence-corrected chi connectivity index (χ2v) is 4.53. The van der Waals surface area contributed by atoms with Crippen LogP contribution in [0.3, 0.4) is 0 Å². The van der Waals surface area contributed by atoms with E-state index in [0.29, 0.717) is 0 Å². The van der Waals surface area contributed by atoms with Crippen LogP contribution in [-0.4, -0.2) is 12.6 Å². The molecule has 2 aromatic carbocycles. The number of nitrogens with two attached hydrogens (primary N) is 1. The van der Waals surface area contributed by atoms with E-state index >= 15 is 0 Å². The first-order valence-electron chi connectivity index (χ1n) is 6.43. The lowest BCUT2D eigenvalue weighted by atomic mass is 10.1. The lowest BCUT2D eigenvalue weighted by molar-refractivity contribution is 0.638. The zero-order valence-corrected chi connectivity index (χ0v) is 10.5. The van der Waals surface area contributed by atoms with Gasteiger partial charge < -0.3 is 11.1 Å². The van der Waals surface area contributed by atoms with Crippen molar-refractivity contribution in [2.24, 2.45) is 5.73 Å². The van der Waals surface area contributed by atoms with E-state index in [1.54, 1.807) is 0 Å². The maximum Gasteiger partial charge on any atom is 0.0340 e. The highest BCUT2D eigenvalue weighted by molar-refractivity contribution is 5.42. The Morgan fingerprint density at radius 2 is 1.50 bits per heavy atom. The van der Waals surface area contributed by atoms with Gasteiger partial charge in [-0.3, -0.25) is 0 Å². The zero-order chi connectivity index (χ0) is 12.6. The molecule has 0 aromatic heterocycles. The summed E-state index contributed by atoms with van der Waals surface area (Å²) in [6.07, 6.45) is 2.04. The highest BCUT2D eigenvalue weighted by Gasteiger charge is 2.02. The molecule has 0 aliphatic carbocycles. The van der Waals surface area contributed by atoms with Crippen molar-refractivity contribution in [2.75, 3.05) is 11.9 Å². The molecular weight excluding hydrogens is 220 g/mol. The van der Waals surface area contributed by atoms with Gasteiger partial charge in [0.2, 0.25) is 0 Å². The molecule has 2 rings (SSSR count). The molecule has 1 atom stereocenters. The molecule has 2 aromatic rings. The van der Waals surface area contributed by atoms with E-state index < -0.39 is 0 Å². The predicted molar refractivity (Wildman–Crippen MR) is 77.7 cm³/mol. The summed E-state index contributed by atoms with van der Waals surface area (Å²) in [7, 11) is 0. The Kier molecular flexibility index (Phi) is 4.79. The van der Waals surface area contributed by atoms with Crippen molar-refractivity contribution in [2.45, 2.75) is 18.9 Å². The molecule has 0 amide bonds. The zero-order valence-electron chi connectivity index (χ0n) is 10.5. The van der Waals surface area contributed by atoms with Crippen molar-refractivity contribution in [3.63, 3.8) is 0 Å². The number of benzene rings is 2. The quantitative estimate of drug-likeness (QED) is 0.814. The van der Waals surface area contributed by atoms with Crippen LogP contribution in [0, 0.1) is 0 Å². The van der Waals surface area contributed by atoms with Crippen LogP contribution in [0.5, 0.6) is 0 Å². The summed E-state index contributed by atoms with van der Waals surface area (Å²) < 4.78 is 0. The number of para-hydroxylation sites is 1. The fourth-order valence-corrected chi connectivity index (χ4v) is 1.90. The summed E-state index contributed by atoms with van der Waals surface area (Å²) in [6.45, 7) is 0.816. The molecular formula is C16H20N2. The van der Waals surface area contributed by atoms with Gasteiger partial charge in [0.15, 0.2) is 0 Å². The van der Waals surface area contributed by atoms with Crippen LogP contribution in [0.4, 0.5) is 5.69 Å². The van der Waals surface area contributed by atoms with Crippen LogP contribution >= 0.6 is 0 Å². The molecule has 0 fully saturated rings. The standard InChI is InChI=1S/C16H20N2/c17-15(12-11-14-7-3-1-4-8-14)13-18-16-9-5-2-6-10-16/h1-10,15,18H,11-13,17H2. The molecule has 2 heteroatoms. The number of rotatable bonds is 6. The first-order valence-corrected chi connectivity index (χ1v) is 6.43. The van der Waals surface area contributed by atoms with E-state index in [-0.39, 0.29) is 6.04 Å². The van der Waals surface area contributed by atoms with E-state index in [4.69, 9.17) is 5.73 Å². The van der Waals surface area contributed by atoms with Gasteiger partial charge in [-0.2, -0.15) is 0 Å². The molecule has 0 saturated carbocycles. The fraction of sp³-hybridized carbons (Fsp3) is 0.250. The van der Waals surface area contributed by atoms with Crippen LogP contribution < -0.4 is 11.1 Å². The maximum absolute atomic E-state index is 6.11. The Morgan fingerprint density at radius 3 is 2.17 bits per heavy atom. The average molecular weight is 240 g/mol. The van der Waals surface area contributed by atoms with Crippen molar-refractivity contribution in [3.05, 3.63) is 66.2 Å². The van der Waals surface area contributed by atoms with Gasteiger partial charge in [-0.05, 0) is 30.5 Å². The summed E-state index contributed by atoms with van der Waals surface area (Å²) in [5, 5.41) is 3.36. The molecule has 94 valence electrons. The van der Waals surface area contributed by atoms with Crippen LogP contribution in [0.2, 0.25) is 0 Å². The van der Waals surface area contributed by atoms with Crippen molar-refractivity contribution >= 4 is 5.69 Å². The van der Waals surface area contributed by atoms with Crippen molar-refractivity contribution in [1.29, 1.82) is 0 Å². The van der Waals surface area contributed by atoms with Gasteiger partial charge in [-0.1, -0.05) is 48.5 Å². The van der Waals surface area contributed by atoms with Crippen LogP contribution in [0.15, 0.2) is 60.7 Å². The topological polar surface area (TPSA) is 38.0 Å². The van der Waals surface area contributed by atoms with E-state index in [1.807, 2.05) is 24.3 Å². The number of hydrogen-bond acceptors (Lipinski definition) is 2. The summed E-state index contributed by atoms with van der Waals surface area (Å²) in [5.41, 5.74) is 8.59. The van der Waals surface area contributed by atoms with Crippen molar-refractivity contribution in [3.8, 4) is 0 Å². The molecule has 1 unspecified atom stereocenters. The minimum atomic E-state index is 0.186. The Morgan fingerprint density at radius 1 is 0.889 bits per heavy atom. The van der Waals surface area contributed by atoms with Crippen molar-refractivity contribution in [1.82, 2.24) is 0 Å². The molecule has 0 radical (unpaired) electrons. The smallest absolute Gasteiger partial charge is 0.0340 e. The third-order valence-electron chi connectivity index (χ3n) is 2.99.